The van der Waals surface area contributed by atoms with E-state index in [0.29, 0.717) is 43.7 Å². The number of hydrogen-bond acceptors (Lipinski definition) is 6. The van der Waals surface area contributed by atoms with E-state index in [1.54, 1.807) is 12.3 Å². The quantitative estimate of drug-likeness (QED) is 0.0749. The zero-order valence-electron chi connectivity index (χ0n) is 27.8. The van der Waals surface area contributed by atoms with Crippen molar-refractivity contribution in [3.63, 3.8) is 0 Å². The average molecular weight is 605 g/mol. The normalized spacial score (nSPS) is 17.5. The van der Waals surface area contributed by atoms with Gasteiger partial charge in [0.1, 0.15) is 6.10 Å². The van der Waals surface area contributed by atoms with Gasteiger partial charge in [-0.3, -0.25) is 14.4 Å². The van der Waals surface area contributed by atoms with Crippen molar-refractivity contribution < 1.29 is 28.6 Å². The van der Waals surface area contributed by atoms with Crippen molar-refractivity contribution in [2.75, 3.05) is 19.8 Å². The van der Waals surface area contributed by atoms with E-state index in [9.17, 15) is 14.4 Å². The molecule has 1 aromatic rings. The molecule has 0 aliphatic carbocycles. The van der Waals surface area contributed by atoms with Gasteiger partial charge in [-0.1, -0.05) is 97.8 Å². The first-order chi connectivity index (χ1) is 20.6. The van der Waals surface area contributed by atoms with Gasteiger partial charge in [-0.2, -0.15) is 0 Å². The Morgan fingerprint density at radius 1 is 0.884 bits per heavy atom. The van der Waals surface area contributed by atoms with E-state index in [1.165, 1.54) is 70.6 Å². The number of rotatable bonds is 23. The first-order valence-electron chi connectivity index (χ1n) is 17.0. The molecule has 43 heavy (non-hydrogen) atoms. The summed E-state index contributed by atoms with van der Waals surface area (Å²) in [6, 6.07) is 1.74. The number of amides is 1. The second-order valence-corrected chi connectivity index (χ2v) is 13.3. The minimum Gasteiger partial charge on any atom is -0.466 e. The van der Waals surface area contributed by atoms with Crippen molar-refractivity contribution in [1.29, 1.82) is 0 Å². The van der Waals surface area contributed by atoms with Crippen LogP contribution in [0.1, 0.15) is 153 Å². The van der Waals surface area contributed by atoms with Crippen LogP contribution in [-0.4, -0.2) is 54.3 Å². The molecule has 0 bridgehead atoms. The van der Waals surface area contributed by atoms with Crippen LogP contribution >= 0.6 is 0 Å². The summed E-state index contributed by atoms with van der Waals surface area (Å²) >= 11 is 0. The van der Waals surface area contributed by atoms with Gasteiger partial charge < -0.3 is 24.5 Å². The number of ketones is 1. The maximum atomic E-state index is 13.4. The molecule has 1 fully saturated rings. The Hall–Kier alpha value is -2.19. The lowest BCUT2D eigenvalue weighted by atomic mass is 9.81. The summed E-state index contributed by atoms with van der Waals surface area (Å²) in [4.78, 5) is 40.9. The van der Waals surface area contributed by atoms with E-state index >= 15 is 0 Å². The molecule has 0 spiro atoms. The summed E-state index contributed by atoms with van der Waals surface area (Å²) in [6.07, 6.45) is 19.5. The number of aromatic nitrogens is 1. The minimum absolute atomic E-state index is 0.0680. The molecular formula is C35H60N2O6. The fraction of sp³-hybridized carbons (Fsp3) is 0.800. The van der Waals surface area contributed by atoms with Gasteiger partial charge in [-0.05, 0) is 39.2 Å². The SMILES string of the molecule is CCCCCCCCCCCCCCCC(=O)NCCCOC(=O)CCc1[nH]ccc1C(=O)C1OC(C)(C)OCC1(C)C. The monoisotopic (exact) mass is 604 g/mol. The van der Waals surface area contributed by atoms with Crippen molar-refractivity contribution >= 4 is 17.7 Å². The molecule has 2 heterocycles. The van der Waals surface area contributed by atoms with Crippen molar-refractivity contribution in [3.05, 3.63) is 23.5 Å². The Kier molecular flexibility index (Phi) is 17.2. The van der Waals surface area contributed by atoms with Crippen molar-refractivity contribution in [1.82, 2.24) is 10.3 Å². The first kappa shape index (κ1) is 37.0. The van der Waals surface area contributed by atoms with Crippen LogP contribution in [0.15, 0.2) is 12.3 Å². The van der Waals surface area contributed by atoms with Crippen LogP contribution in [0.25, 0.3) is 0 Å². The third kappa shape index (κ3) is 14.9. The number of hydrogen-bond donors (Lipinski definition) is 2. The Bertz CT molecular complexity index is 954. The zero-order valence-corrected chi connectivity index (χ0v) is 27.8. The molecule has 1 aliphatic heterocycles. The van der Waals surface area contributed by atoms with Crippen molar-refractivity contribution in [2.45, 2.75) is 156 Å². The summed E-state index contributed by atoms with van der Waals surface area (Å²) < 4.78 is 17.1. The Morgan fingerprint density at radius 2 is 1.49 bits per heavy atom. The molecule has 1 amide bonds. The van der Waals surface area contributed by atoms with Gasteiger partial charge in [-0.25, -0.2) is 0 Å². The highest BCUT2D eigenvalue weighted by Gasteiger charge is 2.46. The van der Waals surface area contributed by atoms with Gasteiger partial charge >= 0.3 is 5.97 Å². The topological polar surface area (TPSA) is 107 Å². The molecular weight excluding hydrogens is 544 g/mol. The molecule has 0 saturated carbocycles. The molecule has 1 unspecified atom stereocenters. The van der Waals surface area contributed by atoms with Crippen LogP contribution in [-0.2, 0) is 30.2 Å². The molecule has 8 nitrogen and oxygen atoms in total. The Morgan fingerprint density at radius 3 is 2.12 bits per heavy atom. The van der Waals surface area contributed by atoms with Gasteiger partial charge in [-0.15, -0.1) is 0 Å². The molecule has 8 heteroatoms. The van der Waals surface area contributed by atoms with Crippen LogP contribution < -0.4 is 5.32 Å². The van der Waals surface area contributed by atoms with E-state index in [1.807, 2.05) is 27.7 Å². The number of esters is 1. The molecule has 1 saturated heterocycles. The predicted octanol–water partition coefficient (Wildman–Crippen LogP) is 7.84. The molecule has 1 aliphatic rings. The number of nitrogens with one attached hydrogen (secondary N) is 2. The summed E-state index contributed by atoms with van der Waals surface area (Å²) in [5.41, 5.74) is 0.767. The molecule has 1 atom stereocenters. The van der Waals surface area contributed by atoms with Gasteiger partial charge in [0.15, 0.2) is 11.6 Å². The molecule has 0 radical (unpaired) electrons. The van der Waals surface area contributed by atoms with Crippen LogP contribution in [0.4, 0.5) is 0 Å². The smallest absolute Gasteiger partial charge is 0.306 e. The second-order valence-electron chi connectivity index (χ2n) is 13.3. The molecule has 0 aromatic carbocycles. The number of aryl methyl sites for hydroxylation is 1. The summed E-state index contributed by atoms with van der Waals surface area (Å²) in [5.74, 6) is -1.20. The summed E-state index contributed by atoms with van der Waals surface area (Å²) in [6.45, 7) is 11.0. The van der Waals surface area contributed by atoms with E-state index in [-0.39, 0.29) is 30.7 Å². The maximum absolute atomic E-state index is 13.4. The zero-order chi connectivity index (χ0) is 31.6. The number of aromatic amines is 1. The van der Waals surface area contributed by atoms with E-state index in [2.05, 4.69) is 17.2 Å². The molecule has 246 valence electrons. The fourth-order valence-electron chi connectivity index (χ4n) is 5.48. The highest BCUT2D eigenvalue weighted by atomic mass is 16.7. The predicted molar refractivity (Wildman–Crippen MR) is 171 cm³/mol. The van der Waals surface area contributed by atoms with Gasteiger partial charge in [0.25, 0.3) is 0 Å². The third-order valence-corrected chi connectivity index (χ3v) is 8.23. The van der Waals surface area contributed by atoms with Crippen LogP contribution in [0, 0.1) is 5.41 Å². The van der Waals surface area contributed by atoms with Crippen molar-refractivity contribution in [2.24, 2.45) is 5.41 Å². The van der Waals surface area contributed by atoms with E-state index in [0.717, 1.165) is 12.8 Å². The summed E-state index contributed by atoms with van der Waals surface area (Å²) in [7, 11) is 0. The third-order valence-electron chi connectivity index (χ3n) is 8.23. The van der Waals surface area contributed by atoms with E-state index < -0.39 is 17.3 Å². The lowest BCUT2D eigenvalue weighted by Crippen LogP contribution is -2.53. The van der Waals surface area contributed by atoms with Crippen LogP contribution in [0.3, 0.4) is 0 Å². The fourth-order valence-corrected chi connectivity index (χ4v) is 5.48. The largest absolute Gasteiger partial charge is 0.466 e. The van der Waals surface area contributed by atoms with Crippen molar-refractivity contribution in [3.8, 4) is 0 Å². The molecule has 1 aromatic heterocycles. The van der Waals surface area contributed by atoms with Gasteiger partial charge in [0.05, 0.1) is 19.6 Å². The summed E-state index contributed by atoms with van der Waals surface area (Å²) in [5, 5.41) is 2.92. The number of unbranched alkanes of at least 4 members (excludes halogenated alkanes) is 12. The van der Waals surface area contributed by atoms with Gasteiger partial charge in [0.2, 0.25) is 5.91 Å². The minimum atomic E-state index is -0.832. The van der Waals surface area contributed by atoms with Crippen LogP contribution in [0.5, 0.6) is 0 Å². The lowest BCUT2D eigenvalue weighted by molar-refractivity contribution is -0.298. The van der Waals surface area contributed by atoms with Gasteiger partial charge in [0, 0.05) is 35.8 Å². The Labute approximate surface area is 260 Å². The Balaban J connectivity index is 1.49. The average Bonchev–Trinajstić information content (AvgIpc) is 3.44. The number of carbonyl (C=O) groups excluding carboxylic acids is 3. The number of H-pyrrole nitrogens is 1. The maximum Gasteiger partial charge on any atom is 0.306 e. The molecule has 2 N–H and O–H groups in total. The van der Waals surface area contributed by atoms with E-state index in [4.69, 9.17) is 14.2 Å². The second kappa shape index (κ2) is 20.0. The number of carbonyl (C=O) groups is 3. The highest BCUT2D eigenvalue weighted by Crippen LogP contribution is 2.37. The first-order valence-corrected chi connectivity index (χ1v) is 17.0. The lowest BCUT2D eigenvalue weighted by Gasteiger charge is -2.45. The van der Waals surface area contributed by atoms with Crippen LogP contribution in [0.2, 0.25) is 0 Å². The number of ether oxygens (including phenoxy) is 3. The number of Topliss-reactive ketones (excluding diaryl/α,β-unsaturated/α-hetero) is 1. The highest BCUT2D eigenvalue weighted by molar-refractivity contribution is 6.01. The standard InChI is InChI=1S/C35H60N2O6/c1-6-7-8-9-10-11-12-13-14-15-16-17-18-20-30(38)37-24-19-26-41-31(39)22-21-29-28(23-25-36-29)32(40)33-34(2,3)27-42-35(4,5)43-33/h23,25,33,36H,6-22,24,26-27H2,1-5H3,(H,37,38). The molecule has 2 rings (SSSR count).